The lowest BCUT2D eigenvalue weighted by Gasteiger charge is -2.30. The van der Waals surface area contributed by atoms with E-state index < -0.39 is 0 Å². The van der Waals surface area contributed by atoms with Crippen LogP contribution in [0.15, 0.2) is 0 Å². The quantitative estimate of drug-likeness (QED) is 0.586. The maximum Gasteiger partial charge on any atom is 0.515 e. The van der Waals surface area contributed by atoms with Gasteiger partial charge in [-0.25, -0.2) is 4.48 Å². The molecule has 0 aromatic rings. The van der Waals surface area contributed by atoms with Gasteiger partial charge in [0.1, 0.15) is 0 Å². The Morgan fingerprint density at radius 1 is 1.18 bits per heavy atom. The second-order valence-corrected chi connectivity index (χ2v) is 2.56. The van der Waals surface area contributed by atoms with Gasteiger partial charge in [-0.3, -0.25) is 0 Å². The van der Waals surface area contributed by atoms with E-state index in [1.54, 1.807) is 0 Å². The molecule has 0 spiro atoms. The Hall–Kier alpha value is -0.570. The smallest absolute Gasteiger partial charge is 0.423 e. The molecule has 0 aliphatic rings. The first kappa shape index (κ1) is 10.4. The number of ether oxygens (including phenoxy) is 1. The zero-order valence-electron chi connectivity index (χ0n) is 7.89. The molecule has 0 aromatic carbocycles. The number of rotatable bonds is 3. The highest BCUT2D eigenvalue weighted by Gasteiger charge is 2.32. The van der Waals surface area contributed by atoms with Crippen LogP contribution in [0.3, 0.4) is 0 Å². The van der Waals surface area contributed by atoms with Gasteiger partial charge in [0, 0.05) is 0 Å². The maximum absolute atomic E-state index is 11.3. The average molecular weight is 160 g/mol. The van der Waals surface area contributed by atoms with Crippen LogP contribution in [0, 0.1) is 0 Å². The molecule has 0 saturated heterocycles. The van der Waals surface area contributed by atoms with Crippen molar-refractivity contribution in [3.05, 3.63) is 0 Å². The van der Waals surface area contributed by atoms with Crippen molar-refractivity contribution in [3.63, 3.8) is 0 Å². The van der Waals surface area contributed by atoms with Crippen LogP contribution in [0.2, 0.25) is 0 Å². The fourth-order valence-electron chi connectivity index (χ4n) is 1.25. The van der Waals surface area contributed by atoms with E-state index in [4.69, 9.17) is 4.74 Å². The number of hydrogen-bond acceptors (Lipinski definition) is 2. The predicted molar refractivity (Wildman–Crippen MR) is 44.3 cm³/mol. The second-order valence-electron chi connectivity index (χ2n) is 2.56. The number of nitrogens with zero attached hydrogens (tertiary/aromatic N) is 1. The van der Waals surface area contributed by atoms with Crippen LogP contribution in [0.5, 0.6) is 0 Å². The molecule has 0 aliphatic heterocycles. The molecule has 0 aromatic heterocycles. The summed E-state index contributed by atoms with van der Waals surface area (Å²) in [6.45, 7) is 8.43. The molecule has 11 heavy (non-hydrogen) atoms. The fourth-order valence-corrected chi connectivity index (χ4v) is 1.25. The van der Waals surface area contributed by atoms with E-state index in [-0.39, 0.29) is 6.09 Å². The highest BCUT2D eigenvalue weighted by Crippen LogP contribution is 2.07. The summed E-state index contributed by atoms with van der Waals surface area (Å²) >= 11 is 0. The van der Waals surface area contributed by atoms with Crippen molar-refractivity contribution >= 4 is 6.09 Å². The third-order valence-corrected chi connectivity index (χ3v) is 2.38. The van der Waals surface area contributed by atoms with Gasteiger partial charge in [-0.15, -0.1) is 0 Å². The molecular formula is C8H18NO2+. The van der Waals surface area contributed by atoms with Crippen molar-refractivity contribution in [2.75, 3.05) is 26.7 Å². The van der Waals surface area contributed by atoms with Gasteiger partial charge in [0.2, 0.25) is 0 Å². The maximum atomic E-state index is 11.3. The van der Waals surface area contributed by atoms with Crippen molar-refractivity contribution in [1.82, 2.24) is 0 Å². The summed E-state index contributed by atoms with van der Waals surface area (Å²) in [4.78, 5) is 11.3. The van der Waals surface area contributed by atoms with Crippen molar-refractivity contribution in [2.24, 2.45) is 0 Å². The molecule has 0 rings (SSSR count). The molecule has 0 fully saturated rings. The third-order valence-electron chi connectivity index (χ3n) is 2.38. The number of carbonyl (C=O) groups excluding carboxylic acids is 1. The lowest BCUT2D eigenvalue weighted by Crippen LogP contribution is -2.52. The molecule has 0 N–H and O–H groups in total. The molecule has 3 nitrogen and oxygen atoms in total. The molecule has 3 heteroatoms. The molecule has 1 amide bonds. The van der Waals surface area contributed by atoms with E-state index in [9.17, 15) is 4.79 Å². The highest BCUT2D eigenvalue weighted by molar-refractivity contribution is 5.59. The topological polar surface area (TPSA) is 26.3 Å². The Bertz CT molecular complexity index is 122. The van der Waals surface area contributed by atoms with E-state index >= 15 is 0 Å². The molecule has 0 atom stereocenters. The van der Waals surface area contributed by atoms with Crippen molar-refractivity contribution < 1.29 is 14.0 Å². The number of methoxy groups -OCH3 is 1. The SMILES string of the molecule is CC[N+](CC)(CC)C(=O)OC. The minimum absolute atomic E-state index is 0.127. The number of amides is 1. The monoisotopic (exact) mass is 160 g/mol. The van der Waals surface area contributed by atoms with Crippen LogP contribution >= 0.6 is 0 Å². The Labute approximate surface area is 68.5 Å². The lowest BCUT2D eigenvalue weighted by molar-refractivity contribution is -0.852. The fraction of sp³-hybridized carbons (Fsp3) is 0.875. The van der Waals surface area contributed by atoms with Crippen LogP contribution in [0.1, 0.15) is 20.8 Å². The van der Waals surface area contributed by atoms with Crippen LogP contribution < -0.4 is 0 Å². The summed E-state index contributed by atoms with van der Waals surface area (Å²) in [6.07, 6.45) is -0.127. The number of hydrogen-bond donors (Lipinski definition) is 0. The van der Waals surface area contributed by atoms with Gasteiger partial charge in [-0.2, -0.15) is 4.79 Å². The first-order valence-corrected chi connectivity index (χ1v) is 4.11. The first-order chi connectivity index (χ1) is 5.16. The third kappa shape index (κ3) is 1.93. The van der Waals surface area contributed by atoms with Crippen molar-refractivity contribution in [1.29, 1.82) is 0 Å². The Morgan fingerprint density at radius 2 is 1.55 bits per heavy atom. The van der Waals surface area contributed by atoms with E-state index in [1.165, 1.54) is 7.11 Å². The lowest BCUT2D eigenvalue weighted by atomic mass is 10.4. The summed E-state index contributed by atoms with van der Waals surface area (Å²) in [5.41, 5.74) is 0. The average Bonchev–Trinajstić information content (AvgIpc) is 2.08. The van der Waals surface area contributed by atoms with Gasteiger partial charge in [0.05, 0.1) is 26.7 Å². The molecule has 0 unspecified atom stereocenters. The normalized spacial score (nSPS) is 11.3. The predicted octanol–water partition coefficient (Wildman–Crippen LogP) is 1.63. The van der Waals surface area contributed by atoms with Crippen LogP contribution in [-0.2, 0) is 4.74 Å². The van der Waals surface area contributed by atoms with Gasteiger partial charge in [-0.05, 0) is 20.8 Å². The Kier molecular flexibility index (Phi) is 4.11. The molecule has 0 bridgehead atoms. The summed E-state index contributed by atoms with van der Waals surface area (Å²) < 4.78 is 5.15. The van der Waals surface area contributed by atoms with Gasteiger partial charge in [0.25, 0.3) is 0 Å². The van der Waals surface area contributed by atoms with E-state index in [0.717, 1.165) is 19.6 Å². The standard InChI is InChI=1S/C8H18NO2/c1-5-9(6-2,7-3)8(10)11-4/h5-7H2,1-4H3/q+1. The van der Waals surface area contributed by atoms with Gasteiger partial charge in [0.15, 0.2) is 0 Å². The Balaban J connectivity index is 4.39. The van der Waals surface area contributed by atoms with E-state index in [2.05, 4.69) is 0 Å². The minimum atomic E-state index is -0.127. The van der Waals surface area contributed by atoms with Gasteiger partial charge >= 0.3 is 6.09 Å². The minimum Gasteiger partial charge on any atom is -0.423 e. The van der Waals surface area contributed by atoms with E-state index in [1.807, 2.05) is 20.8 Å². The molecule has 0 saturated carbocycles. The summed E-state index contributed by atoms with van der Waals surface area (Å²) in [5, 5.41) is 0. The summed E-state index contributed by atoms with van der Waals surface area (Å²) in [5.74, 6) is 0. The Morgan fingerprint density at radius 3 is 1.64 bits per heavy atom. The number of quaternary nitrogens is 1. The first-order valence-electron chi connectivity index (χ1n) is 4.11. The summed E-state index contributed by atoms with van der Waals surface area (Å²) in [7, 11) is 1.44. The molecule has 0 heterocycles. The van der Waals surface area contributed by atoms with Crippen molar-refractivity contribution in [2.45, 2.75) is 20.8 Å². The van der Waals surface area contributed by atoms with Crippen molar-refractivity contribution in [3.8, 4) is 0 Å². The molecular weight excluding hydrogens is 142 g/mol. The molecule has 0 radical (unpaired) electrons. The number of carbonyl (C=O) groups is 1. The zero-order valence-corrected chi connectivity index (χ0v) is 7.89. The van der Waals surface area contributed by atoms with E-state index in [0.29, 0.717) is 4.48 Å². The van der Waals surface area contributed by atoms with Crippen LogP contribution in [-0.4, -0.2) is 37.3 Å². The summed E-state index contributed by atoms with van der Waals surface area (Å²) in [6, 6.07) is 0. The zero-order chi connectivity index (χ0) is 8.91. The van der Waals surface area contributed by atoms with Gasteiger partial charge in [-0.1, -0.05) is 0 Å². The second kappa shape index (κ2) is 4.34. The van der Waals surface area contributed by atoms with Crippen LogP contribution in [0.4, 0.5) is 4.79 Å². The largest absolute Gasteiger partial charge is 0.515 e. The highest BCUT2D eigenvalue weighted by atomic mass is 16.5. The van der Waals surface area contributed by atoms with Gasteiger partial charge < -0.3 is 4.74 Å². The van der Waals surface area contributed by atoms with Crippen LogP contribution in [0.25, 0.3) is 0 Å². The molecule has 66 valence electrons. The molecule has 0 aliphatic carbocycles.